The summed E-state index contributed by atoms with van der Waals surface area (Å²) in [5.41, 5.74) is 0.658. The van der Waals surface area contributed by atoms with Gasteiger partial charge in [-0.05, 0) is 25.6 Å². The number of rotatable bonds is 4. The first-order chi connectivity index (χ1) is 8.10. The van der Waals surface area contributed by atoms with E-state index in [0.717, 1.165) is 25.2 Å². The molecule has 1 atom stereocenters. The van der Waals surface area contributed by atoms with Crippen molar-refractivity contribution < 1.29 is 9.90 Å². The second kappa shape index (κ2) is 4.75. The Morgan fingerprint density at radius 2 is 2.18 bits per heavy atom. The molecule has 1 fully saturated rings. The fraction of sp³-hybridized carbons (Fsp3) is 0.462. The van der Waals surface area contributed by atoms with Crippen LogP contribution in [-0.4, -0.2) is 41.7 Å². The summed E-state index contributed by atoms with van der Waals surface area (Å²) >= 11 is 0. The molecule has 92 valence electrons. The summed E-state index contributed by atoms with van der Waals surface area (Å²) in [5.74, 6) is -0.747. The van der Waals surface area contributed by atoms with Crippen LogP contribution in [0.5, 0.6) is 0 Å². The number of likely N-dealkylation sites (N-methyl/N-ethyl adjacent to an activating group) is 1. The molecule has 4 heteroatoms. The minimum atomic E-state index is -0.747. The second-order valence-corrected chi connectivity index (χ2v) is 4.83. The molecule has 0 bridgehead atoms. The molecule has 4 nitrogen and oxygen atoms in total. The zero-order valence-electron chi connectivity index (χ0n) is 10.0. The molecule has 0 amide bonds. The number of hydrogen-bond acceptors (Lipinski definition) is 3. The predicted octanol–water partition coefficient (Wildman–Crippen LogP) is 1.65. The van der Waals surface area contributed by atoms with Crippen molar-refractivity contribution in [1.82, 2.24) is 4.90 Å². The lowest BCUT2D eigenvalue weighted by atomic mass is 9.93. The van der Waals surface area contributed by atoms with Crippen molar-refractivity contribution in [3.63, 3.8) is 0 Å². The molecule has 2 rings (SSSR count). The summed E-state index contributed by atoms with van der Waals surface area (Å²) in [4.78, 5) is 13.2. The highest BCUT2D eigenvalue weighted by atomic mass is 16.4. The van der Waals surface area contributed by atoms with E-state index in [1.54, 1.807) is 0 Å². The smallest absolute Gasteiger partial charge is 0.305 e. The molecule has 1 aromatic carbocycles. The molecule has 2 N–H and O–H groups in total. The van der Waals surface area contributed by atoms with Gasteiger partial charge in [-0.15, -0.1) is 0 Å². The van der Waals surface area contributed by atoms with Gasteiger partial charge in [-0.3, -0.25) is 4.79 Å². The molecule has 1 aromatic rings. The first-order valence-electron chi connectivity index (χ1n) is 5.83. The van der Waals surface area contributed by atoms with Crippen molar-refractivity contribution in [2.75, 3.05) is 25.5 Å². The summed E-state index contributed by atoms with van der Waals surface area (Å²) in [6.07, 6.45) is 1.02. The Morgan fingerprint density at radius 1 is 1.47 bits per heavy atom. The quantitative estimate of drug-likeness (QED) is 0.831. The third-order valence-corrected chi connectivity index (χ3v) is 3.22. The van der Waals surface area contributed by atoms with Crippen LogP contribution >= 0.6 is 0 Å². The molecule has 17 heavy (non-hydrogen) atoms. The van der Waals surface area contributed by atoms with Gasteiger partial charge in [-0.25, -0.2) is 0 Å². The monoisotopic (exact) mass is 234 g/mol. The normalized spacial score (nSPS) is 24.8. The number of para-hydroxylation sites is 1. The van der Waals surface area contributed by atoms with Crippen LogP contribution < -0.4 is 5.32 Å². The third kappa shape index (κ3) is 2.97. The summed E-state index contributed by atoms with van der Waals surface area (Å²) in [5, 5.41) is 12.4. The number of nitrogens with one attached hydrogen (secondary N) is 1. The van der Waals surface area contributed by atoms with E-state index >= 15 is 0 Å². The molecular formula is C13H18N2O2. The van der Waals surface area contributed by atoms with Crippen molar-refractivity contribution in [2.45, 2.75) is 18.4 Å². The average molecular weight is 234 g/mol. The Hall–Kier alpha value is -1.55. The van der Waals surface area contributed by atoms with Gasteiger partial charge in [0, 0.05) is 18.8 Å². The molecule has 0 radical (unpaired) electrons. The molecule has 0 saturated carbocycles. The van der Waals surface area contributed by atoms with Crippen LogP contribution in [0.1, 0.15) is 12.8 Å². The fourth-order valence-corrected chi connectivity index (χ4v) is 2.49. The van der Waals surface area contributed by atoms with Crippen molar-refractivity contribution in [3.05, 3.63) is 30.3 Å². The van der Waals surface area contributed by atoms with E-state index in [9.17, 15) is 4.79 Å². The van der Waals surface area contributed by atoms with E-state index in [-0.39, 0.29) is 12.0 Å². The van der Waals surface area contributed by atoms with E-state index in [1.807, 2.05) is 37.4 Å². The minimum absolute atomic E-state index is 0.159. The molecular weight excluding hydrogens is 216 g/mol. The van der Waals surface area contributed by atoms with Crippen LogP contribution in [0.25, 0.3) is 0 Å². The number of carbonyl (C=O) groups is 1. The summed E-state index contributed by atoms with van der Waals surface area (Å²) < 4.78 is 0. The van der Waals surface area contributed by atoms with Gasteiger partial charge in [0.15, 0.2) is 0 Å². The molecule has 1 heterocycles. The molecule has 1 unspecified atom stereocenters. The second-order valence-electron chi connectivity index (χ2n) is 4.83. The zero-order valence-corrected chi connectivity index (χ0v) is 10.0. The standard InChI is InChI=1S/C13H18N2O2/c1-15-8-7-13(10-15,9-12(16)17)14-11-5-3-2-4-6-11/h2-6,14H,7-10H2,1H3,(H,16,17). The summed E-state index contributed by atoms with van der Waals surface area (Å²) in [6, 6.07) is 9.81. The number of carboxylic acid groups (broad SMARTS) is 1. The largest absolute Gasteiger partial charge is 0.481 e. The van der Waals surface area contributed by atoms with Gasteiger partial charge in [0.25, 0.3) is 0 Å². The number of nitrogens with zero attached hydrogens (tertiary/aromatic N) is 1. The highest BCUT2D eigenvalue weighted by molar-refractivity contribution is 5.69. The van der Waals surface area contributed by atoms with Crippen molar-refractivity contribution in [3.8, 4) is 0 Å². The maximum Gasteiger partial charge on any atom is 0.305 e. The lowest BCUT2D eigenvalue weighted by Gasteiger charge is -2.30. The van der Waals surface area contributed by atoms with Gasteiger partial charge in [0.2, 0.25) is 0 Å². The third-order valence-electron chi connectivity index (χ3n) is 3.22. The van der Waals surface area contributed by atoms with E-state index in [0.29, 0.717) is 0 Å². The number of carboxylic acids is 1. The van der Waals surface area contributed by atoms with Crippen LogP contribution in [0.4, 0.5) is 5.69 Å². The number of hydrogen-bond donors (Lipinski definition) is 2. The van der Waals surface area contributed by atoms with Gasteiger partial charge in [-0.2, -0.15) is 0 Å². The van der Waals surface area contributed by atoms with Crippen LogP contribution in [0.3, 0.4) is 0 Å². The van der Waals surface area contributed by atoms with Gasteiger partial charge < -0.3 is 15.3 Å². The lowest BCUT2D eigenvalue weighted by molar-refractivity contribution is -0.138. The van der Waals surface area contributed by atoms with E-state index in [4.69, 9.17) is 5.11 Å². The molecule has 0 aromatic heterocycles. The van der Waals surface area contributed by atoms with Crippen LogP contribution in [0.2, 0.25) is 0 Å². The molecule has 1 aliphatic heterocycles. The molecule has 0 spiro atoms. The predicted molar refractivity (Wildman–Crippen MR) is 67.2 cm³/mol. The first-order valence-corrected chi connectivity index (χ1v) is 5.83. The number of aliphatic carboxylic acids is 1. The molecule has 0 aliphatic carbocycles. The Morgan fingerprint density at radius 3 is 2.71 bits per heavy atom. The SMILES string of the molecule is CN1CCC(CC(=O)O)(Nc2ccccc2)C1. The lowest BCUT2D eigenvalue weighted by Crippen LogP contribution is -2.42. The topological polar surface area (TPSA) is 52.6 Å². The first kappa shape index (κ1) is 11.9. The van der Waals surface area contributed by atoms with Crippen LogP contribution in [-0.2, 0) is 4.79 Å². The van der Waals surface area contributed by atoms with Crippen molar-refractivity contribution in [2.24, 2.45) is 0 Å². The maximum atomic E-state index is 11.0. The zero-order chi connectivity index (χ0) is 12.3. The Balaban J connectivity index is 2.14. The number of anilines is 1. The van der Waals surface area contributed by atoms with Crippen molar-refractivity contribution in [1.29, 1.82) is 0 Å². The van der Waals surface area contributed by atoms with Gasteiger partial charge in [0.05, 0.1) is 12.0 Å². The highest BCUT2D eigenvalue weighted by Gasteiger charge is 2.38. The number of likely N-dealkylation sites (tertiary alicyclic amines) is 1. The molecule has 1 saturated heterocycles. The number of benzene rings is 1. The highest BCUT2D eigenvalue weighted by Crippen LogP contribution is 2.28. The van der Waals surface area contributed by atoms with Gasteiger partial charge in [-0.1, -0.05) is 18.2 Å². The van der Waals surface area contributed by atoms with E-state index < -0.39 is 5.97 Å². The Bertz CT molecular complexity index is 394. The summed E-state index contributed by atoms with van der Waals surface area (Å²) in [7, 11) is 2.02. The van der Waals surface area contributed by atoms with Gasteiger partial charge in [0.1, 0.15) is 0 Å². The van der Waals surface area contributed by atoms with Gasteiger partial charge >= 0.3 is 5.97 Å². The van der Waals surface area contributed by atoms with Crippen molar-refractivity contribution >= 4 is 11.7 Å². The Labute approximate surface area is 101 Å². The van der Waals surface area contributed by atoms with E-state index in [1.165, 1.54) is 0 Å². The van der Waals surface area contributed by atoms with E-state index in [2.05, 4.69) is 10.2 Å². The summed E-state index contributed by atoms with van der Waals surface area (Å²) in [6.45, 7) is 1.71. The maximum absolute atomic E-state index is 11.0. The fourth-order valence-electron chi connectivity index (χ4n) is 2.49. The molecule has 1 aliphatic rings. The van der Waals surface area contributed by atoms with Crippen LogP contribution in [0, 0.1) is 0 Å². The Kier molecular flexibility index (Phi) is 3.33. The average Bonchev–Trinajstić information content (AvgIpc) is 2.60. The minimum Gasteiger partial charge on any atom is -0.481 e. The van der Waals surface area contributed by atoms with Crippen LogP contribution in [0.15, 0.2) is 30.3 Å².